The largest absolute Gasteiger partial charge is 0.480 e. The third-order valence-corrected chi connectivity index (χ3v) is 4.09. The summed E-state index contributed by atoms with van der Waals surface area (Å²) in [7, 11) is 0. The van der Waals surface area contributed by atoms with Gasteiger partial charge in [0.25, 0.3) is 0 Å². The molecule has 0 aromatic carbocycles. The van der Waals surface area contributed by atoms with Crippen molar-refractivity contribution in [1.29, 1.82) is 0 Å². The lowest BCUT2D eigenvalue weighted by molar-refractivity contribution is -0.142. The Bertz CT molecular complexity index is 526. The van der Waals surface area contributed by atoms with Gasteiger partial charge in [-0.05, 0) is 45.6 Å². The van der Waals surface area contributed by atoms with Crippen molar-refractivity contribution in [2.45, 2.75) is 71.1 Å². The highest BCUT2D eigenvalue weighted by Gasteiger charge is 2.26. The maximum atomic E-state index is 12.1. The molecule has 0 aromatic rings. The molecule has 4 atom stereocenters. The molecule has 0 bridgehead atoms. The highest BCUT2D eigenvalue weighted by atomic mass is 16.4. The molecule has 10 nitrogen and oxygen atoms in total. The van der Waals surface area contributed by atoms with E-state index in [0.29, 0.717) is 19.4 Å². The molecule has 0 aliphatic carbocycles. The van der Waals surface area contributed by atoms with Crippen molar-refractivity contribution in [1.82, 2.24) is 16.0 Å². The van der Waals surface area contributed by atoms with Crippen molar-refractivity contribution in [3.8, 4) is 0 Å². The number of nitrogens with one attached hydrogen (secondary N) is 3. The second-order valence-corrected chi connectivity index (χ2v) is 6.91. The van der Waals surface area contributed by atoms with E-state index in [9.17, 15) is 24.3 Å². The first-order valence-corrected chi connectivity index (χ1v) is 9.10. The fraction of sp³-hybridized carbons (Fsp3) is 0.765. The molecule has 0 saturated carbocycles. The van der Waals surface area contributed by atoms with Crippen molar-refractivity contribution < 1.29 is 24.3 Å². The third-order valence-electron chi connectivity index (χ3n) is 4.09. The molecule has 0 aromatic heterocycles. The Kier molecular flexibility index (Phi) is 11.2. The zero-order chi connectivity index (χ0) is 21.1. The highest BCUT2D eigenvalue weighted by molar-refractivity contribution is 5.93. The molecule has 0 fully saturated rings. The van der Waals surface area contributed by atoms with Crippen LogP contribution in [0.2, 0.25) is 0 Å². The van der Waals surface area contributed by atoms with Crippen LogP contribution in [0.25, 0.3) is 0 Å². The topological polar surface area (TPSA) is 177 Å². The minimum absolute atomic E-state index is 0.0859. The Morgan fingerprint density at radius 2 is 1.33 bits per heavy atom. The number of hydrogen-bond acceptors (Lipinski definition) is 6. The molecule has 0 saturated heterocycles. The van der Waals surface area contributed by atoms with Crippen molar-refractivity contribution in [2.24, 2.45) is 17.4 Å². The summed E-state index contributed by atoms with van der Waals surface area (Å²) < 4.78 is 0. The molecule has 10 heteroatoms. The number of carboxylic acid groups (broad SMARTS) is 1. The molecule has 8 N–H and O–H groups in total. The maximum absolute atomic E-state index is 12.1. The van der Waals surface area contributed by atoms with Crippen LogP contribution in [-0.2, 0) is 19.2 Å². The Hall–Kier alpha value is -2.20. The standard InChI is InChI=1S/C17H33N5O5/c1-9(2)13(19)16(25)21-10(3)14(23)20-11(4)15(24)22-12(17(26)27)7-5-6-8-18/h9-13H,5-8,18-19H2,1-4H3,(H,20,23)(H,21,25)(H,22,24)(H,26,27). The number of carboxylic acids is 1. The van der Waals surface area contributed by atoms with Gasteiger partial charge >= 0.3 is 5.97 Å². The van der Waals surface area contributed by atoms with Gasteiger partial charge in [-0.2, -0.15) is 0 Å². The Morgan fingerprint density at radius 1 is 0.852 bits per heavy atom. The van der Waals surface area contributed by atoms with Crippen LogP contribution in [0.1, 0.15) is 47.0 Å². The van der Waals surface area contributed by atoms with Gasteiger partial charge in [0.05, 0.1) is 6.04 Å². The van der Waals surface area contributed by atoms with Crippen molar-refractivity contribution in [3.63, 3.8) is 0 Å². The van der Waals surface area contributed by atoms with Gasteiger partial charge in [0.1, 0.15) is 18.1 Å². The molecule has 3 amide bonds. The summed E-state index contributed by atoms with van der Waals surface area (Å²) in [6.45, 7) is 6.91. The molecule has 0 spiro atoms. The zero-order valence-electron chi connectivity index (χ0n) is 16.5. The summed E-state index contributed by atoms with van der Waals surface area (Å²) in [4.78, 5) is 47.4. The fourth-order valence-corrected chi connectivity index (χ4v) is 2.13. The zero-order valence-corrected chi connectivity index (χ0v) is 16.5. The number of nitrogens with two attached hydrogens (primary N) is 2. The number of carbonyl (C=O) groups excluding carboxylic acids is 3. The van der Waals surface area contributed by atoms with Gasteiger partial charge in [-0.3, -0.25) is 14.4 Å². The molecular formula is C17H33N5O5. The van der Waals surface area contributed by atoms with Crippen molar-refractivity contribution in [3.05, 3.63) is 0 Å². The fourth-order valence-electron chi connectivity index (χ4n) is 2.13. The Labute approximate surface area is 159 Å². The lowest BCUT2D eigenvalue weighted by Crippen LogP contribution is -2.56. The van der Waals surface area contributed by atoms with E-state index in [-0.39, 0.29) is 12.3 Å². The minimum atomic E-state index is -1.15. The summed E-state index contributed by atoms with van der Waals surface area (Å²) in [6, 6.07) is -3.65. The second-order valence-electron chi connectivity index (χ2n) is 6.91. The van der Waals surface area contributed by atoms with E-state index in [0.717, 1.165) is 0 Å². The van der Waals surface area contributed by atoms with Gasteiger partial charge in [-0.25, -0.2) is 4.79 Å². The van der Waals surface area contributed by atoms with Crippen LogP contribution in [0.4, 0.5) is 0 Å². The number of unbranched alkanes of at least 4 members (excludes halogenated alkanes) is 1. The van der Waals surface area contributed by atoms with Gasteiger partial charge in [0.15, 0.2) is 0 Å². The van der Waals surface area contributed by atoms with Crippen LogP contribution in [0.5, 0.6) is 0 Å². The lowest BCUT2D eigenvalue weighted by Gasteiger charge is -2.22. The predicted molar refractivity (Wildman–Crippen MR) is 100 cm³/mol. The molecular weight excluding hydrogens is 354 g/mol. The normalized spacial score (nSPS) is 15.4. The number of hydrogen-bond donors (Lipinski definition) is 6. The van der Waals surface area contributed by atoms with Crippen LogP contribution in [-0.4, -0.2) is 59.5 Å². The first kappa shape index (κ1) is 24.8. The van der Waals surface area contributed by atoms with Gasteiger partial charge in [0.2, 0.25) is 17.7 Å². The summed E-state index contributed by atoms with van der Waals surface area (Å²) in [6.07, 6.45) is 1.47. The molecule has 27 heavy (non-hydrogen) atoms. The van der Waals surface area contributed by atoms with Gasteiger partial charge in [-0.15, -0.1) is 0 Å². The van der Waals surface area contributed by atoms with Crippen molar-refractivity contribution in [2.75, 3.05) is 6.54 Å². The predicted octanol–water partition coefficient (Wildman–Crippen LogP) is -1.32. The number of rotatable bonds is 12. The average Bonchev–Trinajstić information content (AvgIpc) is 2.59. The van der Waals surface area contributed by atoms with Crippen LogP contribution >= 0.6 is 0 Å². The van der Waals surface area contributed by atoms with E-state index >= 15 is 0 Å². The average molecular weight is 387 g/mol. The molecule has 156 valence electrons. The van der Waals surface area contributed by atoms with E-state index in [1.165, 1.54) is 13.8 Å². The van der Waals surface area contributed by atoms with E-state index in [1.807, 2.05) is 0 Å². The second kappa shape index (κ2) is 12.2. The minimum Gasteiger partial charge on any atom is -0.480 e. The molecule has 0 aliphatic rings. The molecule has 0 aliphatic heterocycles. The number of carbonyl (C=O) groups is 4. The smallest absolute Gasteiger partial charge is 0.326 e. The number of aliphatic carboxylic acids is 1. The van der Waals surface area contributed by atoms with Gasteiger partial charge < -0.3 is 32.5 Å². The summed E-state index contributed by atoms with van der Waals surface area (Å²) in [5.74, 6) is -2.90. The van der Waals surface area contributed by atoms with Crippen LogP contribution in [0.15, 0.2) is 0 Å². The van der Waals surface area contributed by atoms with E-state index in [1.54, 1.807) is 13.8 Å². The monoisotopic (exact) mass is 387 g/mol. The number of amides is 3. The third kappa shape index (κ3) is 9.34. The summed E-state index contributed by atoms with van der Waals surface area (Å²) in [5, 5.41) is 16.5. The Balaban J connectivity index is 4.60. The highest BCUT2D eigenvalue weighted by Crippen LogP contribution is 2.02. The quantitative estimate of drug-likeness (QED) is 0.225. The van der Waals surface area contributed by atoms with Gasteiger partial charge in [0, 0.05) is 0 Å². The van der Waals surface area contributed by atoms with Crippen LogP contribution in [0, 0.1) is 5.92 Å². The first-order chi connectivity index (χ1) is 12.5. The molecule has 0 rings (SSSR count). The van der Waals surface area contributed by atoms with E-state index in [4.69, 9.17) is 11.5 Å². The maximum Gasteiger partial charge on any atom is 0.326 e. The summed E-state index contributed by atoms with van der Waals surface area (Å²) >= 11 is 0. The lowest BCUT2D eigenvalue weighted by atomic mass is 10.0. The van der Waals surface area contributed by atoms with E-state index < -0.39 is 47.9 Å². The first-order valence-electron chi connectivity index (χ1n) is 9.10. The molecule has 0 radical (unpaired) electrons. The summed E-state index contributed by atoms with van der Waals surface area (Å²) in [5.41, 5.74) is 11.1. The Morgan fingerprint density at radius 3 is 1.78 bits per heavy atom. The molecule has 0 heterocycles. The van der Waals surface area contributed by atoms with Gasteiger partial charge in [-0.1, -0.05) is 13.8 Å². The van der Waals surface area contributed by atoms with Crippen LogP contribution < -0.4 is 27.4 Å². The molecule has 4 unspecified atom stereocenters. The van der Waals surface area contributed by atoms with Crippen molar-refractivity contribution >= 4 is 23.7 Å². The van der Waals surface area contributed by atoms with Crippen LogP contribution in [0.3, 0.4) is 0 Å². The SMILES string of the molecule is CC(NC(=O)C(C)NC(=O)C(N)C(C)C)C(=O)NC(CCCCN)C(=O)O. The van der Waals surface area contributed by atoms with E-state index in [2.05, 4.69) is 16.0 Å².